The van der Waals surface area contributed by atoms with Gasteiger partial charge in [-0.1, -0.05) is 13.8 Å². The molecule has 2 aliphatic heterocycles. The minimum absolute atomic E-state index is 0.0287. The highest BCUT2D eigenvalue weighted by Crippen LogP contribution is 2.34. The summed E-state index contributed by atoms with van der Waals surface area (Å²) in [5.74, 6) is -0.423. The average molecular weight is 272 g/mol. The van der Waals surface area contributed by atoms with Crippen molar-refractivity contribution >= 4 is 17.5 Å². The van der Waals surface area contributed by atoms with Gasteiger partial charge in [0.05, 0.1) is 17.6 Å². The Morgan fingerprint density at radius 3 is 2.75 bits per heavy atom. The molecule has 0 saturated carbocycles. The Balaban J connectivity index is 2.04. The van der Waals surface area contributed by atoms with Gasteiger partial charge >= 0.3 is 0 Å². The molecule has 5 nitrogen and oxygen atoms in total. The zero-order chi connectivity index (χ0) is 14.4. The van der Waals surface area contributed by atoms with Gasteiger partial charge in [0.25, 0.3) is 5.91 Å². The number of carbonyl (C=O) groups is 3. The maximum absolute atomic E-state index is 12.6. The van der Waals surface area contributed by atoms with Crippen LogP contribution in [-0.2, 0) is 4.79 Å². The van der Waals surface area contributed by atoms with Crippen LogP contribution in [0.1, 0.15) is 47.4 Å². The SMILES string of the molecule is CC(C)C(=O)C1CCC2C(=O)c3ccncc3C(=O)N21. The Bertz CT molecular complexity index is 609. The summed E-state index contributed by atoms with van der Waals surface area (Å²) in [6, 6.07) is 0.639. The summed E-state index contributed by atoms with van der Waals surface area (Å²) in [7, 11) is 0. The Morgan fingerprint density at radius 1 is 1.30 bits per heavy atom. The van der Waals surface area contributed by atoms with Gasteiger partial charge in [-0.15, -0.1) is 0 Å². The van der Waals surface area contributed by atoms with Crippen molar-refractivity contribution in [1.82, 2.24) is 9.88 Å². The second-order valence-electron chi connectivity index (χ2n) is 5.66. The first-order valence-electron chi connectivity index (χ1n) is 6.87. The van der Waals surface area contributed by atoms with E-state index in [1.807, 2.05) is 13.8 Å². The van der Waals surface area contributed by atoms with E-state index in [2.05, 4.69) is 4.98 Å². The number of pyridine rings is 1. The first-order chi connectivity index (χ1) is 9.52. The van der Waals surface area contributed by atoms with Gasteiger partial charge in [-0.3, -0.25) is 19.4 Å². The highest BCUT2D eigenvalue weighted by molar-refractivity contribution is 6.16. The molecule has 0 N–H and O–H groups in total. The number of amides is 1. The molecule has 0 bridgehead atoms. The molecule has 1 amide bonds. The maximum Gasteiger partial charge on any atom is 0.257 e. The quantitative estimate of drug-likeness (QED) is 0.817. The second-order valence-corrected chi connectivity index (χ2v) is 5.66. The number of ketones is 2. The highest BCUT2D eigenvalue weighted by Gasteiger charge is 2.48. The van der Waals surface area contributed by atoms with Crippen LogP contribution in [0, 0.1) is 5.92 Å². The van der Waals surface area contributed by atoms with E-state index in [1.165, 1.54) is 17.3 Å². The molecule has 5 heteroatoms. The van der Waals surface area contributed by atoms with Crippen LogP contribution in [0.3, 0.4) is 0 Å². The summed E-state index contributed by atoms with van der Waals surface area (Å²) < 4.78 is 0. The topological polar surface area (TPSA) is 67.3 Å². The second kappa shape index (κ2) is 4.51. The number of hydrogen-bond donors (Lipinski definition) is 0. The predicted octanol–water partition coefficient (Wildman–Crippen LogP) is 1.48. The average Bonchev–Trinajstić information content (AvgIpc) is 2.89. The summed E-state index contributed by atoms with van der Waals surface area (Å²) in [6.07, 6.45) is 4.07. The van der Waals surface area contributed by atoms with E-state index in [0.717, 1.165) is 0 Å². The molecule has 0 spiro atoms. The smallest absolute Gasteiger partial charge is 0.257 e. The van der Waals surface area contributed by atoms with Crippen LogP contribution in [0.4, 0.5) is 0 Å². The van der Waals surface area contributed by atoms with Crippen molar-refractivity contribution in [1.29, 1.82) is 0 Å². The van der Waals surface area contributed by atoms with Gasteiger partial charge in [0, 0.05) is 23.9 Å². The van der Waals surface area contributed by atoms with Crippen molar-refractivity contribution in [3.63, 3.8) is 0 Å². The molecular formula is C15H16N2O3. The van der Waals surface area contributed by atoms with Crippen LogP contribution in [0.5, 0.6) is 0 Å². The van der Waals surface area contributed by atoms with Crippen LogP contribution in [-0.4, -0.2) is 39.4 Å². The lowest BCUT2D eigenvalue weighted by atomic mass is 9.93. The molecule has 2 unspecified atom stereocenters. The fourth-order valence-electron chi connectivity index (χ4n) is 3.11. The predicted molar refractivity (Wildman–Crippen MR) is 71.4 cm³/mol. The Hall–Kier alpha value is -2.04. The molecule has 3 rings (SSSR count). The van der Waals surface area contributed by atoms with E-state index in [4.69, 9.17) is 0 Å². The number of hydrogen-bond acceptors (Lipinski definition) is 4. The monoisotopic (exact) mass is 272 g/mol. The van der Waals surface area contributed by atoms with E-state index in [0.29, 0.717) is 24.0 Å². The van der Waals surface area contributed by atoms with Gasteiger partial charge in [-0.2, -0.15) is 0 Å². The van der Waals surface area contributed by atoms with Crippen molar-refractivity contribution in [2.24, 2.45) is 5.92 Å². The summed E-state index contributed by atoms with van der Waals surface area (Å²) in [6.45, 7) is 3.64. The van der Waals surface area contributed by atoms with E-state index < -0.39 is 12.1 Å². The van der Waals surface area contributed by atoms with Crippen molar-refractivity contribution in [3.05, 3.63) is 29.6 Å². The van der Waals surface area contributed by atoms with Gasteiger partial charge < -0.3 is 4.90 Å². The first-order valence-corrected chi connectivity index (χ1v) is 6.87. The maximum atomic E-state index is 12.6. The third-order valence-electron chi connectivity index (χ3n) is 4.14. The molecular weight excluding hydrogens is 256 g/mol. The van der Waals surface area contributed by atoms with Crippen LogP contribution in [0.2, 0.25) is 0 Å². The molecule has 104 valence electrons. The minimum Gasteiger partial charge on any atom is -0.318 e. The van der Waals surface area contributed by atoms with Crippen LogP contribution in [0.25, 0.3) is 0 Å². The Kier molecular flexibility index (Phi) is 2.92. The fraction of sp³-hybridized carbons (Fsp3) is 0.467. The van der Waals surface area contributed by atoms with Crippen molar-refractivity contribution in [2.45, 2.75) is 38.8 Å². The number of Topliss-reactive ketones (excluding diaryl/α,β-unsaturated/α-hetero) is 2. The van der Waals surface area contributed by atoms with E-state index >= 15 is 0 Å². The molecule has 2 atom stereocenters. The molecule has 20 heavy (non-hydrogen) atoms. The standard InChI is InChI=1S/C15H16N2O3/c1-8(2)13(18)11-3-4-12-14(19)9-5-6-16-7-10(9)15(20)17(11)12/h5-8,11-12H,3-4H2,1-2H3. The van der Waals surface area contributed by atoms with E-state index in [9.17, 15) is 14.4 Å². The summed E-state index contributed by atoms with van der Waals surface area (Å²) >= 11 is 0. The zero-order valence-corrected chi connectivity index (χ0v) is 11.5. The molecule has 1 fully saturated rings. The molecule has 3 heterocycles. The Labute approximate surface area is 117 Å². The fourth-order valence-corrected chi connectivity index (χ4v) is 3.11. The molecule has 0 aliphatic carbocycles. The van der Waals surface area contributed by atoms with E-state index in [1.54, 1.807) is 6.07 Å². The normalized spacial score (nSPS) is 24.9. The number of fused-ring (bicyclic) bond motifs is 2. The zero-order valence-electron chi connectivity index (χ0n) is 11.5. The third-order valence-corrected chi connectivity index (χ3v) is 4.14. The van der Waals surface area contributed by atoms with Crippen LogP contribution >= 0.6 is 0 Å². The summed E-state index contributed by atoms with van der Waals surface area (Å²) in [5.41, 5.74) is 0.751. The molecule has 1 saturated heterocycles. The minimum atomic E-state index is -0.481. The third kappa shape index (κ3) is 1.69. The van der Waals surface area contributed by atoms with Crippen LogP contribution < -0.4 is 0 Å². The van der Waals surface area contributed by atoms with Gasteiger partial charge in [-0.05, 0) is 18.9 Å². The number of nitrogens with zero attached hydrogens (tertiary/aromatic N) is 2. The van der Waals surface area contributed by atoms with Crippen molar-refractivity contribution < 1.29 is 14.4 Å². The summed E-state index contributed by atoms with van der Waals surface area (Å²) in [4.78, 5) is 42.7. The van der Waals surface area contributed by atoms with Crippen molar-refractivity contribution in [2.75, 3.05) is 0 Å². The molecule has 0 aromatic carbocycles. The van der Waals surface area contributed by atoms with Gasteiger partial charge in [0.1, 0.15) is 0 Å². The molecule has 1 aromatic heterocycles. The molecule has 1 aromatic rings. The number of carbonyl (C=O) groups excluding carboxylic acids is 3. The Morgan fingerprint density at radius 2 is 2.05 bits per heavy atom. The summed E-state index contributed by atoms with van der Waals surface area (Å²) in [5, 5.41) is 0. The molecule has 0 radical (unpaired) electrons. The number of rotatable bonds is 2. The van der Waals surface area contributed by atoms with Gasteiger partial charge in [0.15, 0.2) is 11.6 Å². The lowest BCUT2D eigenvalue weighted by molar-refractivity contribution is -0.125. The molecule has 2 aliphatic rings. The lowest BCUT2D eigenvalue weighted by Crippen LogP contribution is -2.52. The largest absolute Gasteiger partial charge is 0.318 e. The van der Waals surface area contributed by atoms with Gasteiger partial charge in [0.2, 0.25) is 0 Å². The van der Waals surface area contributed by atoms with E-state index in [-0.39, 0.29) is 23.4 Å². The highest BCUT2D eigenvalue weighted by atomic mass is 16.2. The lowest BCUT2D eigenvalue weighted by Gasteiger charge is -2.33. The first kappa shape index (κ1) is 13.0. The van der Waals surface area contributed by atoms with Crippen molar-refractivity contribution in [3.8, 4) is 0 Å². The van der Waals surface area contributed by atoms with Crippen LogP contribution in [0.15, 0.2) is 18.5 Å². The number of aromatic nitrogens is 1. The van der Waals surface area contributed by atoms with Gasteiger partial charge in [-0.25, -0.2) is 0 Å².